The second kappa shape index (κ2) is 7.44. The van der Waals surface area contributed by atoms with Crippen molar-refractivity contribution < 1.29 is 24.5 Å². The van der Waals surface area contributed by atoms with E-state index in [4.69, 9.17) is 14.9 Å². The predicted octanol–water partition coefficient (Wildman–Crippen LogP) is 0.469. The number of ether oxygens (including phenoxy) is 1. The molecule has 0 saturated carbocycles. The third-order valence-electron chi connectivity index (χ3n) is 3.86. The average Bonchev–Trinajstić information content (AvgIpc) is 2.44. The summed E-state index contributed by atoms with van der Waals surface area (Å²) in [6, 6.07) is -0.455. The van der Waals surface area contributed by atoms with Crippen LogP contribution in [-0.2, 0) is 9.53 Å². The van der Waals surface area contributed by atoms with Gasteiger partial charge in [-0.2, -0.15) is 0 Å². The molecule has 1 saturated heterocycles. The van der Waals surface area contributed by atoms with Crippen molar-refractivity contribution in [2.75, 3.05) is 13.2 Å². The standard InChI is InChI=1S/C13H24N2O5/c1-3-13(4-2)7-9(5-6-20-13)15-12(19)14-8-10(16)11(17)18/h9-10,16H,3-8H2,1-2H3,(H,17,18)(H2,14,15,19). The van der Waals surface area contributed by atoms with E-state index in [1.165, 1.54) is 0 Å². The molecule has 20 heavy (non-hydrogen) atoms. The molecule has 0 aliphatic carbocycles. The fourth-order valence-electron chi connectivity index (χ4n) is 2.41. The van der Waals surface area contributed by atoms with E-state index in [0.717, 1.165) is 25.7 Å². The van der Waals surface area contributed by atoms with Crippen molar-refractivity contribution in [2.45, 2.75) is 57.3 Å². The van der Waals surface area contributed by atoms with Gasteiger partial charge in [0.15, 0.2) is 6.10 Å². The maximum Gasteiger partial charge on any atom is 0.334 e. The summed E-state index contributed by atoms with van der Waals surface area (Å²) < 4.78 is 5.82. The number of aliphatic hydroxyl groups is 1. The van der Waals surface area contributed by atoms with Crippen LogP contribution in [0.1, 0.15) is 39.5 Å². The lowest BCUT2D eigenvalue weighted by atomic mass is 9.86. The number of carboxylic acid groups (broad SMARTS) is 1. The minimum atomic E-state index is -1.58. The molecule has 1 rings (SSSR count). The molecule has 1 aliphatic heterocycles. The summed E-state index contributed by atoms with van der Waals surface area (Å²) in [6.07, 6.45) is 1.67. The van der Waals surface area contributed by atoms with Crippen LogP contribution >= 0.6 is 0 Å². The number of urea groups is 1. The van der Waals surface area contributed by atoms with Crippen LogP contribution in [0.25, 0.3) is 0 Å². The summed E-state index contributed by atoms with van der Waals surface area (Å²) in [4.78, 5) is 22.1. The summed E-state index contributed by atoms with van der Waals surface area (Å²) in [5.41, 5.74) is -0.184. The first-order valence-corrected chi connectivity index (χ1v) is 7.01. The molecular weight excluding hydrogens is 264 g/mol. The van der Waals surface area contributed by atoms with Crippen LogP contribution in [0.5, 0.6) is 0 Å². The molecule has 0 aromatic heterocycles. The largest absolute Gasteiger partial charge is 0.479 e. The Morgan fingerprint density at radius 1 is 1.40 bits per heavy atom. The fourth-order valence-corrected chi connectivity index (χ4v) is 2.41. The predicted molar refractivity (Wildman–Crippen MR) is 72.5 cm³/mol. The summed E-state index contributed by atoms with van der Waals surface area (Å²) in [5.74, 6) is -1.35. The van der Waals surface area contributed by atoms with Gasteiger partial charge in [0.2, 0.25) is 0 Å². The van der Waals surface area contributed by atoms with Gasteiger partial charge in [0.1, 0.15) is 0 Å². The van der Waals surface area contributed by atoms with Crippen molar-refractivity contribution in [1.29, 1.82) is 0 Å². The summed E-state index contributed by atoms with van der Waals surface area (Å²) >= 11 is 0. The molecule has 7 nitrogen and oxygen atoms in total. The zero-order chi connectivity index (χ0) is 15.2. The smallest absolute Gasteiger partial charge is 0.334 e. The van der Waals surface area contributed by atoms with Gasteiger partial charge in [0.25, 0.3) is 0 Å². The van der Waals surface area contributed by atoms with Crippen LogP contribution in [0.15, 0.2) is 0 Å². The van der Waals surface area contributed by atoms with Crippen molar-refractivity contribution in [3.05, 3.63) is 0 Å². The van der Waals surface area contributed by atoms with Crippen molar-refractivity contribution in [3.63, 3.8) is 0 Å². The molecular formula is C13H24N2O5. The topological polar surface area (TPSA) is 108 Å². The third-order valence-corrected chi connectivity index (χ3v) is 3.86. The van der Waals surface area contributed by atoms with Crippen molar-refractivity contribution >= 4 is 12.0 Å². The lowest BCUT2D eigenvalue weighted by molar-refractivity contribution is -0.146. The van der Waals surface area contributed by atoms with Gasteiger partial charge >= 0.3 is 12.0 Å². The highest BCUT2D eigenvalue weighted by Crippen LogP contribution is 2.31. The molecule has 7 heteroatoms. The van der Waals surface area contributed by atoms with Crippen LogP contribution in [0, 0.1) is 0 Å². The van der Waals surface area contributed by atoms with Gasteiger partial charge in [-0.1, -0.05) is 13.8 Å². The maximum atomic E-state index is 11.7. The molecule has 1 heterocycles. The van der Waals surface area contributed by atoms with Crippen LogP contribution < -0.4 is 10.6 Å². The summed E-state index contributed by atoms with van der Waals surface area (Å²) in [7, 11) is 0. The van der Waals surface area contributed by atoms with Gasteiger partial charge in [-0.05, 0) is 25.7 Å². The van der Waals surface area contributed by atoms with E-state index < -0.39 is 18.1 Å². The van der Waals surface area contributed by atoms with Crippen LogP contribution in [-0.4, -0.2) is 53.1 Å². The first-order chi connectivity index (χ1) is 9.42. The Hall–Kier alpha value is -1.34. The highest BCUT2D eigenvalue weighted by Gasteiger charge is 2.35. The van der Waals surface area contributed by atoms with Gasteiger partial charge in [-0.25, -0.2) is 9.59 Å². The Kier molecular flexibility index (Phi) is 6.22. The Balaban J connectivity index is 2.40. The third kappa shape index (κ3) is 4.64. The Morgan fingerprint density at radius 3 is 2.60 bits per heavy atom. The number of aliphatic carboxylic acids is 1. The van der Waals surface area contributed by atoms with Crippen molar-refractivity contribution in [2.24, 2.45) is 0 Å². The van der Waals surface area contributed by atoms with E-state index in [0.29, 0.717) is 6.61 Å². The van der Waals surface area contributed by atoms with Crippen LogP contribution in [0.2, 0.25) is 0 Å². The number of aliphatic hydroxyl groups excluding tert-OH is 1. The monoisotopic (exact) mass is 288 g/mol. The van der Waals surface area contributed by atoms with E-state index in [9.17, 15) is 9.59 Å². The molecule has 116 valence electrons. The van der Waals surface area contributed by atoms with E-state index in [2.05, 4.69) is 24.5 Å². The zero-order valence-corrected chi connectivity index (χ0v) is 12.0. The highest BCUT2D eigenvalue weighted by atomic mass is 16.5. The number of hydrogen-bond acceptors (Lipinski definition) is 4. The molecule has 0 aromatic rings. The van der Waals surface area contributed by atoms with E-state index in [1.54, 1.807) is 0 Å². The molecule has 2 unspecified atom stereocenters. The van der Waals surface area contributed by atoms with Gasteiger partial charge < -0.3 is 25.6 Å². The van der Waals surface area contributed by atoms with Gasteiger partial charge in [0.05, 0.1) is 12.1 Å². The second-order valence-electron chi connectivity index (χ2n) is 5.14. The second-order valence-corrected chi connectivity index (χ2v) is 5.14. The normalized spacial score (nSPS) is 22.9. The van der Waals surface area contributed by atoms with Crippen LogP contribution in [0.4, 0.5) is 4.79 Å². The van der Waals surface area contributed by atoms with Gasteiger partial charge in [0, 0.05) is 12.6 Å². The molecule has 0 radical (unpaired) electrons. The molecule has 0 aromatic carbocycles. The number of carbonyl (C=O) groups is 2. The molecule has 1 fully saturated rings. The minimum Gasteiger partial charge on any atom is -0.479 e. The first-order valence-electron chi connectivity index (χ1n) is 7.01. The molecule has 2 atom stereocenters. The molecule has 1 aliphatic rings. The molecule has 0 spiro atoms. The van der Waals surface area contributed by atoms with Crippen LogP contribution in [0.3, 0.4) is 0 Å². The van der Waals surface area contributed by atoms with Gasteiger partial charge in [-0.3, -0.25) is 0 Å². The fraction of sp³-hybridized carbons (Fsp3) is 0.846. The summed E-state index contributed by atoms with van der Waals surface area (Å²) in [6.45, 7) is 4.42. The molecule has 2 amide bonds. The molecule has 4 N–H and O–H groups in total. The highest BCUT2D eigenvalue weighted by molar-refractivity contribution is 5.76. The van der Waals surface area contributed by atoms with E-state index in [-0.39, 0.29) is 18.2 Å². The number of hydrogen-bond donors (Lipinski definition) is 4. The van der Waals surface area contributed by atoms with E-state index in [1.807, 2.05) is 0 Å². The first kappa shape index (κ1) is 16.7. The average molecular weight is 288 g/mol. The number of rotatable bonds is 6. The number of carbonyl (C=O) groups excluding carboxylic acids is 1. The number of nitrogens with one attached hydrogen (secondary N) is 2. The number of amides is 2. The lowest BCUT2D eigenvalue weighted by Gasteiger charge is -2.40. The quantitative estimate of drug-likeness (QED) is 0.568. The Bertz CT molecular complexity index is 344. The SMILES string of the molecule is CCC1(CC)CC(NC(=O)NCC(O)C(=O)O)CCO1. The minimum absolute atomic E-state index is 0.00520. The Morgan fingerprint density at radius 2 is 2.05 bits per heavy atom. The lowest BCUT2D eigenvalue weighted by Crippen LogP contribution is -2.51. The van der Waals surface area contributed by atoms with Crippen molar-refractivity contribution in [1.82, 2.24) is 10.6 Å². The summed E-state index contributed by atoms with van der Waals surface area (Å²) in [5, 5.41) is 22.7. The van der Waals surface area contributed by atoms with Gasteiger partial charge in [-0.15, -0.1) is 0 Å². The van der Waals surface area contributed by atoms with Crippen molar-refractivity contribution in [3.8, 4) is 0 Å². The maximum absolute atomic E-state index is 11.7. The number of carboxylic acids is 1. The Labute approximate surface area is 118 Å². The zero-order valence-electron chi connectivity index (χ0n) is 12.0. The van der Waals surface area contributed by atoms with E-state index >= 15 is 0 Å². The molecule has 0 bridgehead atoms.